The molecule has 0 bridgehead atoms. The third-order valence-corrected chi connectivity index (χ3v) is 1.65. The second-order valence-electron chi connectivity index (χ2n) is 2.01. The van der Waals surface area contributed by atoms with Crippen molar-refractivity contribution in [2.45, 2.75) is 11.8 Å². The predicted molar refractivity (Wildman–Crippen MR) is 38.1 cm³/mol. The Bertz CT molecular complexity index is 235. The minimum Gasteiger partial charge on any atom is -0.206 e. The van der Waals surface area contributed by atoms with Crippen LogP contribution in [0.1, 0.15) is 5.56 Å². The molecule has 0 saturated heterocycles. The van der Waals surface area contributed by atoms with E-state index in [4.69, 9.17) is 0 Å². The van der Waals surface area contributed by atoms with Gasteiger partial charge in [-0.05, 0) is 24.6 Å². The molecule has 0 nitrogen and oxygen atoms in total. The number of aryl methyl sites for hydroxylation is 1. The number of rotatable bonds is 1. The molecule has 0 unspecified atom stereocenters. The molecule has 0 aliphatic heterocycles. The zero-order valence-corrected chi connectivity index (χ0v) is 6.21. The van der Waals surface area contributed by atoms with Crippen LogP contribution < -0.4 is 0 Å². The van der Waals surface area contributed by atoms with Gasteiger partial charge in [0.1, 0.15) is 5.82 Å². The first-order chi connectivity index (χ1) is 4.74. The molecule has 0 aliphatic rings. The predicted octanol–water partition coefficient (Wildman–Crippen LogP) is 3.11. The van der Waals surface area contributed by atoms with E-state index in [1.165, 1.54) is 12.1 Å². The molecule has 0 fully saturated rings. The highest BCUT2D eigenvalue weighted by molar-refractivity contribution is 7.94. The summed E-state index contributed by atoms with van der Waals surface area (Å²) in [5.74, 6) is -0.502. The van der Waals surface area contributed by atoms with Crippen LogP contribution in [0.15, 0.2) is 23.1 Å². The van der Waals surface area contributed by atoms with Gasteiger partial charge in [0.2, 0.25) is 0 Å². The molecule has 0 N–H and O–H groups in total. The van der Waals surface area contributed by atoms with Crippen molar-refractivity contribution in [3.8, 4) is 0 Å². The van der Waals surface area contributed by atoms with E-state index in [0.717, 1.165) is 5.56 Å². The lowest BCUT2D eigenvalue weighted by molar-refractivity contribution is 0.599. The zero-order chi connectivity index (χ0) is 7.56. The van der Waals surface area contributed by atoms with Crippen LogP contribution >= 0.6 is 12.1 Å². The Balaban J connectivity index is 3.09. The summed E-state index contributed by atoms with van der Waals surface area (Å²) in [6.45, 7) is 1.79. The van der Waals surface area contributed by atoms with Crippen molar-refractivity contribution >= 4 is 12.1 Å². The molecule has 0 aromatic heterocycles. The highest BCUT2D eigenvalue weighted by Crippen LogP contribution is 2.22. The Morgan fingerprint density at radius 3 is 2.60 bits per heavy atom. The fourth-order valence-corrected chi connectivity index (χ4v) is 1.04. The van der Waals surface area contributed by atoms with E-state index in [0.29, 0.717) is 0 Å². The normalized spacial score (nSPS) is 9.90. The molecule has 1 aromatic carbocycles. The molecule has 3 heteroatoms. The average molecular weight is 160 g/mol. The average Bonchev–Trinajstić information content (AvgIpc) is 1.94. The van der Waals surface area contributed by atoms with Crippen LogP contribution in [-0.4, -0.2) is 0 Å². The van der Waals surface area contributed by atoms with Gasteiger partial charge in [-0.3, -0.25) is 0 Å². The van der Waals surface area contributed by atoms with Crippen LogP contribution in [-0.2, 0) is 0 Å². The number of hydrogen-bond donors (Lipinski definition) is 0. The summed E-state index contributed by atoms with van der Waals surface area (Å²) in [5, 5.41) is 0. The first kappa shape index (κ1) is 7.54. The quantitative estimate of drug-likeness (QED) is 0.608. The second-order valence-corrected chi connectivity index (χ2v) is 2.61. The molecule has 0 aliphatic carbocycles. The third-order valence-electron chi connectivity index (χ3n) is 1.17. The molecule has 0 amide bonds. The molecule has 0 heterocycles. The van der Waals surface area contributed by atoms with Crippen molar-refractivity contribution in [2.24, 2.45) is 0 Å². The van der Waals surface area contributed by atoms with Crippen LogP contribution in [0.5, 0.6) is 0 Å². The van der Waals surface area contributed by atoms with Gasteiger partial charge in [-0.2, -0.15) is 3.89 Å². The van der Waals surface area contributed by atoms with E-state index in [1.54, 1.807) is 13.0 Å². The number of halogens is 2. The molecule has 10 heavy (non-hydrogen) atoms. The summed E-state index contributed by atoms with van der Waals surface area (Å²) in [7, 11) is 0. The largest absolute Gasteiger partial charge is 0.206 e. The summed E-state index contributed by atoms with van der Waals surface area (Å²) in [4.78, 5) is 0.0556. The summed E-state index contributed by atoms with van der Waals surface area (Å²) >= 11 is -0.0654. The fourth-order valence-electron chi connectivity index (χ4n) is 0.670. The topological polar surface area (TPSA) is 0 Å². The van der Waals surface area contributed by atoms with Crippen molar-refractivity contribution in [2.75, 3.05) is 0 Å². The van der Waals surface area contributed by atoms with Gasteiger partial charge in [0.15, 0.2) is 0 Å². The maximum absolute atomic E-state index is 12.5. The van der Waals surface area contributed by atoms with E-state index >= 15 is 0 Å². The van der Waals surface area contributed by atoms with Gasteiger partial charge in [-0.1, -0.05) is 6.07 Å². The lowest BCUT2D eigenvalue weighted by Crippen LogP contribution is -1.79. The highest BCUT2D eigenvalue weighted by atomic mass is 32.2. The van der Waals surface area contributed by atoms with Crippen LogP contribution in [0, 0.1) is 12.7 Å². The van der Waals surface area contributed by atoms with Crippen LogP contribution in [0.25, 0.3) is 0 Å². The van der Waals surface area contributed by atoms with Crippen molar-refractivity contribution in [1.82, 2.24) is 0 Å². The Morgan fingerprint density at radius 1 is 1.40 bits per heavy atom. The third kappa shape index (κ3) is 1.48. The van der Waals surface area contributed by atoms with Crippen molar-refractivity contribution in [1.29, 1.82) is 0 Å². The first-order valence-electron chi connectivity index (χ1n) is 2.79. The van der Waals surface area contributed by atoms with Gasteiger partial charge in [-0.15, -0.1) is 0 Å². The fraction of sp³-hybridized carbons (Fsp3) is 0.143. The van der Waals surface area contributed by atoms with Crippen LogP contribution in [0.4, 0.5) is 8.28 Å². The second kappa shape index (κ2) is 3.01. The Morgan fingerprint density at radius 2 is 2.10 bits per heavy atom. The molecule has 1 rings (SSSR count). The van der Waals surface area contributed by atoms with Crippen molar-refractivity contribution < 1.29 is 8.28 Å². The smallest absolute Gasteiger partial charge is 0.139 e. The molecule has 0 atom stereocenters. The van der Waals surface area contributed by atoms with Gasteiger partial charge < -0.3 is 0 Å². The molecule has 0 spiro atoms. The minimum absolute atomic E-state index is 0.0556. The first-order valence-corrected chi connectivity index (χ1v) is 3.50. The highest BCUT2D eigenvalue weighted by Gasteiger charge is 2.00. The van der Waals surface area contributed by atoms with Crippen LogP contribution in [0.2, 0.25) is 0 Å². The van der Waals surface area contributed by atoms with E-state index < -0.39 is 5.82 Å². The summed E-state index contributed by atoms with van der Waals surface area (Å²) in [5.41, 5.74) is 0.863. The Hall–Kier alpha value is -0.570. The number of hydrogen-bond acceptors (Lipinski definition) is 1. The van der Waals surface area contributed by atoms with E-state index in [2.05, 4.69) is 0 Å². The van der Waals surface area contributed by atoms with E-state index in [9.17, 15) is 8.28 Å². The Labute approximate surface area is 62.5 Å². The van der Waals surface area contributed by atoms with Gasteiger partial charge >= 0.3 is 0 Å². The van der Waals surface area contributed by atoms with Gasteiger partial charge in [0, 0.05) is 0 Å². The maximum atomic E-state index is 12.5. The summed E-state index contributed by atoms with van der Waals surface area (Å²) in [6, 6.07) is 4.34. The van der Waals surface area contributed by atoms with Gasteiger partial charge in [0.05, 0.1) is 17.0 Å². The summed E-state index contributed by atoms with van der Waals surface area (Å²) < 4.78 is 24.4. The lowest BCUT2D eigenvalue weighted by atomic mass is 10.2. The van der Waals surface area contributed by atoms with Gasteiger partial charge in [-0.25, -0.2) is 4.39 Å². The van der Waals surface area contributed by atoms with Crippen molar-refractivity contribution in [3.63, 3.8) is 0 Å². The van der Waals surface area contributed by atoms with Gasteiger partial charge in [0.25, 0.3) is 0 Å². The molecule has 54 valence electrons. The van der Waals surface area contributed by atoms with E-state index in [1.807, 2.05) is 0 Å². The molecular formula is C7H6F2S. The van der Waals surface area contributed by atoms with Crippen molar-refractivity contribution in [3.05, 3.63) is 29.6 Å². The zero-order valence-electron chi connectivity index (χ0n) is 5.40. The standard InChI is InChI=1S/C7H6F2S/c1-5-2-3-6(8)7(4-5)10-9/h2-4H,1H3. The maximum Gasteiger partial charge on any atom is 0.139 e. The molecule has 1 aromatic rings. The SMILES string of the molecule is Cc1ccc(F)c(SF)c1. The molecular weight excluding hydrogens is 154 g/mol. The number of benzene rings is 1. The van der Waals surface area contributed by atoms with E-state index in [-0.39, 0.29) is 17.0 Å². The monoisotopic (exact) mass is 160 g/mol. The molecule has 0 saturated carbocycles. The molecule has 0 radical (unpaired) electrons. The van der Waals surface area contributed by atoms with Crippen LogP contribution in [0.3, 0.4) is 0 Å². The Kier molecular flexibility index (Phi) is 2.27. The lowest BCUT2D eigenvalue weighted by Gasteiger charge is -1.95. The minimum atomic E-state index is -0.502. The summed E-state index contributed by atoms with van der Waals surface area (Å²) in [6.07, 6.45) is 0.